The Bertz CT molecular complexity index is 339. The van der Waals surface area contributed by atoms with Crippen LogP contribution in [0, 0.1) is 11.7 Å². The molecule has 0 bridgehead atoms. The van der Waals surface area contributed by atoms with Crippen LogP contribution in [0.3, 0.4) is 0 Å². The van der Waals surface area contributed by atoms with Crippen LogP contribution >= 0.6 is 11.6 Å². The Labute approximate surface area is 102 Å². The second-order valence-corrected chi connectivity index (χ2v) is 4.93. The zero-order valence-electron chi connectivity index (χ0n) is 10.1. The Morgan fingerprint density at radius 1 is 1.31 bits per heavy atom. The van der Waals surface area contributed by atoms with Gasteiger partial charge in [0.1, 0.15) is 5.82 Å². The Kier molecular flexibility index (Phi) is 5.23. The van der Waals surface area contributed by atoms with Crippen LogP contribution in [0.25, 0.3) is 0 Å². The van der Waals surface area contributed by atoms with E-state index in [2.05, 4.69) is 19.2 Å². The number of hydrogen-bond acceptors (Lipinski definition) is 1. The van der Waals surface area contributed by atoms with E-state index in [0.29, 0.717) is 10.9 Å². The Balaban J connectivity index is 2.55. The van der Waals surface area contributed by atoms with Crippen LogP contribution in [-0.4, -0.2) is 6.54 Å². The maximum Gasteiger partial charge on any atom is 0.124 e. The van der Waals surface area contributed by atoms with Crippen LogP contribution in [0.1, 0.15) is 38.8 Å². The molecule has 90 valence electrons. The predicted molar refractivity (Wildman–Crippen MR) is 67.3 cm³/mol. The molecule has 0 aromatic heterocycles. The molecule has 0 heterocycles. The van der Waals surface area contributed by atoms with E-state index in [4.69, 9.17) is 11.6 Å². The second-order valence-electron chi connectivity index (χ2n) is 4.52. The van der Waals surface area contributed by atoms with Gasteiger partial charge in [0.05, 0.1) is 0 Å². The lowest BCUT2D eigenvalue weighted by Crippen LogP contribution is -2.21. The summed E-state index contributed by atoms with van der Waals surface area (Å²) in [6.07, 6.45) is 1.13. The fourth-order valence-corrected chi connectivity index (χ4v) is 1.88. The van der Waals surface area contributed by atoms with Gasteiger partial charge < -0.3 is 5.32 Å². The van der Waals surface area contributed by atoms with Crippen LogP contribution in [0.4, 0.5) is 4.39 Å². The lowest BCUT2D eigenvalue weighted by Gasteiger charge is -2.16. The van der Waals surface area contributed by atoms with E-state index in [0.717, 1.165) is 18.5 Å². The summed E-state index contributed by atoms with van der Waals surface area (Å²) in [5.74, 6) is 0.395. The fourth-order valence-electron chi connectivity index (χ4n) is 1.55. The molecule has 1 nitrogen and oxygen atoms in total. The van der Waals surface area contributed by atoms with Gasteiger partial charge in [0.25, 0.3) is 0 Å². The van der Waals surface area contributed by atoms with Gasteiger partial charge >= 0.3 is 0 Å². The van der Waals surface area contributed by atoms with E-state index in [1.807, 2.05) is 6.92 Å². The van der Waals surface area contributed by atoms with E-state index >= 15 is 0 Å². The molecule has 0 aliphatic rings. The summed E-state index contributed by atoms with van der Waals surface area (Å²) in [5.41, 5.74) is 0.951. The molecule has 1 unspecified atom stereocenters. The maximum absolute atomic E-state index is 12.9. The van der Waals surface area contributed by atoms with Gasteiger partial charge in [-0.2, -0.15) is 0 Å². The molecule has 1 aromatic carbocycles. The molecular weight excluding hydrogens is 225 g/mol. The van der Waals surface area contributed by atoms with Crippen LogP contribution < -0.4 is 5.32 Å². The number of nitrogens with one attached hydrogen (secondary N) is 1. The van der Waals surface area contributed by atoms with Crippen molar-refractivity contribution >= 4 is 11.6 Å². The molecule has 3 heteroatoms. The lowest BCUT2D eigenvalue weighted by atomic mass is 10.1. The molecule has 0 saturated carbocycles. The van der Waals surface area contributed by atoms with Crippen molar-refractivity contribution in [3.63, 3.8) is 0 Å². The smallest absolute Gasteiger partial charge is 0.124 e. The molecule has 1 N–H and O–H groups in total. The highest BCUT2D eigenvalue weighted by molar-refractivity contribution is 6.31. The molecule has 0 aliphatic carbocycles. The van der Waals surface area contributed by atoms with Gasteiger partial charge in [-0.15, -0.1) is 0 Å². The number of halogens is 2. The van der Waals surface area contributed by atoms with E-state index in [-0.39, 0.29) is 11.9 Å². The molecule has 1 rings (SSSR count). The highest BCUT2D eigenvalue weighted by Gasteiger charge is 2.09. The van der Waals surface area contributed by atoms with E-state index in [9.17, 15) is 4.39 Å². The minimum Gasteiger partial charge on any atom is -0.310 e. The molecule has 0 amide bonds. The largest absolute Gasteiger partial charge is 0.310 e. The monoisotopic (exact) mass is 243 g/mol. The summed E-state index contributed by atoms with van der Waals surface area (Å²) < 4.78 is 12.9. The maximum atomic E-state index is 12.9. The van der Waals surface area contributed by atoms with Crippen molar-refractivity contribution in [2.24, 2.45) is 5.92 Å². The van der Waals surface area contributed by atoms with Crippen LogP contribution in [0.15, 0.2) is 18.2 Å². The average Bonchev–Trinajstić information content (AvgIpc) is 2.16. The van der Waals surface area contributed by atoms with Gasteiger partial charge in [-0.3, -0.25) is 0 Å². The first-order valence-corrected chi connectivity index (χ1v) is 6.07. The normalized spacial score (nSPS) is 13.1. The fraction of sp³-hybridized carbons (Fsp3) is 0.538. The molecule has 1 aromatic rings. The Morgan fingerprint density at radius 3 is 2.56 bits per heavy atom. The van der Waals surface area contributed by atoms with Gasteiger partial charge in [-0.05, 0) is 43.5 Å². The van der Waals surface area contributed by atoms with Gasteiger partial charge in [0, 0.05) is 11.1 Å². The Morgan fingerprint density at radius 2 is 2.00 bits per heavy atom. The van der Waals surface area contributed by atoms with Crippen molar-refractivity contribution in [1.29, 1.82) is 0 Å². The van der Waals surface area contributed by atoms with Crippen molar-refractivity contribution in [3.8, 4) is 0 Å². The molecule has 0 aliphatic heterocycles. The predicted octanol–water partition coefficient (Wildman–Crippen LogP) is 4.18. The van der Waals surface area contributed by atoms with Crippen molar-refractivity contribution in [1.82, 2.24) is 5.32 Å². The molecule has 0 fully saturated rings. The van der Waals surface area contributed by atoms with E-state index in [1.54, 1.807) is 6.07 Å². The highest BCUT2D eigenvalue weighted by atomic mass is 35.5. The summed E-state index contributed by atoms with van der Waals surface area (Å²) in [5, 5.41) is 3.87. The average molecular weight is 244 g/mol. The molecule has 0 spiro atoms. The van der Waals surface area contributed by atoms with Crippen LogP contribution in [0.2, 0.25) is 5.02 Å². The highest BCUT2D eigenvalue weighted by Crippen LogP contribution is 2.23. The first-order valence-electron chi connectivity index (χ1n) is 5.69. The summed E-state index contributed by atoms with van der Waals surface area (Å²) >= 11 is 5.99. The number of rotatable bonds is 5. The Hall–Kier alpha value is -0.600. The van der Waals surface area contributed by atoms with Crippen LogP contribution in [-0.2, 0) is 0 Å². The van der Waals surface area contributed by atoms with Gasteiger partial charge in [0.15, 0.2) is 0 Å². The van der Waals surface area contributed by atoms with Crippen molar-refractivity contribution < 1.29 is 4.39 Å². The first kappa shape index (κ1) is 13.5. The zero-order chi connectivity index (χ0) is 12.1. The summed E-state index contributed by atoms with van der Waals surface area (Å²) in [7, 11) is 0. The minimum absolute atomic E-state index is 0.159. The van der Waals surface area contributed by atoms with Gasteiger partial charge in [-0.1, -0.05) is 31.5 Å². The minimum atomic E-state index is -0.289. The lowest BCUT2D eigenvalue weighted by molar-refractivity contribution is 0.497. The van der Waals surface area contributed by atoms with Gasteiger partial charge in [-0.25, -0.2) is 4.39 Å². The van der Waals surface area contributed by atoms with Crippen LogP contribution in [0.5, 0.6) is 0 Å². The van der Waals surface area contributed by atoms with Crippen molar-refractivity contribution in [3.05, 3.63) is 34.6 Å². The number of benzene rings is 1. The van der Waals surface area contributed by atoms with Crippen molar-refractivity contribution in [2.45, 2.75) is 33.2 Å². The molecule has 1 atom stereocenters. The molecular formula is C13H19ClFN. The first-order chi connectivity index (χ1) is 7.50. The van der Waals surface area contributed by atoms with E-state index in [1.165, 1.54) is 12.1 Å². The van der Waals surface area contributed by atoms with E-state index < -0.39 is 0 Å². The zero-order valence-corrected chi connectivity index (χ0v) is 10.8. The topological polar surface area (TPSA) is 12.0 Å². The quantitative estimate of drug-likeness (QED) is 0.818. The molecule has 0 saturated heterocycles. The number of hydrogen-bond donors (Lipinski definition) is 1. The third-order valence-corrected chi connectivity index (χ3v) is 2.93. The van der Waals surface area contributed by atoms with Crippen molar-refractivity contribution in [2.75, 3.05) is 6.54 Å². The molecule has 0 radical (unpaired) electrons. The summed E-state index contributed by atoms with van der Waals surface area (Å²) in [4.78, 5) is 0. The second kappa shape index (κ2) is 6.21. The SMILES string of the molecule is CC(C)CCNC(C)c1ccc(F)cc1Cl. The third kappa shape index (κ3) is 4.11. The summed E-state index contributed by atoms with van der Waals surface area (Å²) in [6.45, 7) is 7.38. The standard InChI is InChI=1S/C13H19ClFN/c1-9(2)6-7-16-10(3)12-5-4-11(15)8-13(12)14/h4-5,8-10,16H,6-7H2,1-3H3. The third-order valence-electron chi connectivity index (χ3n) is 2.60. The van der Waals surface area contributed by atoms with Gasteiger partial charge in [0.2, 0.25) is 0 Å². The molecule has 16 heavy (non-hydrogen) atoms. The summed E-state index contributed by atoms with van der Waals surface area (Å²) in [6, 6.07) is 4.70.